The molecule has 0 saturated carbocycles. The van der Waals surface area contributed by atoms with Gasteiger partial charge in [-0.3, -0.25) is 0 Å². The van der Waals surface area contributed by atoms with Gasteiger partial charge in [-0.15, -0.1) is 0 Å². The molecule has 25 heavy (non-hydrogen) atoms. The number of benzene rings is 2. The summed E-state index contributed by atoms with van der Waals surface area (Å²) in [5.41, 5.74) is 1.13. The Bertz CT molecular complexity index is 622. The smallest absolute Gasteiger partial charge is 0.123 e. The van der Waals surface area contributed by atoms with Crippen molar-refractivity contribution in [3.05, 3.63) is 71.3 Å². The highest BCUT2D eigenvalue weighted by molar-refractivity contribution is 5.33. The minimum atomic E-state index is -0.756. The van der Waals surface area contributed by atoms with Gasteiger partial charge in [0.15, 0.2) is 0 Å². The van der Waals surface area contributed by atoms with E-state index in [1.165, 1.54) is 24.3 Å². The number of halogens is 2. The lowest BCUT2D eigenvalue weighted by atomic mass is 9.90. The number of hydrogen-bond acceptors (Lipinski definition) is 3. The maximum atomic E-state index is 13.2. The second-order valence-corrected chi connectivity index (χ2v) is 6.62. The minimum absolute atomic E-state index is 0.0513. The van der Waals surface area contributed by atoms with Gasteiger partial charge in [0.05, 0.1) is 5.60 Å². The first kappa shape index (κ1) is 18.0. The van der Waals surface area contributed by atoms with Crippen molar-refractivity contribution in [1.29, 1.82) is 0 Å². The van der Waals surface area contributed by atoms with E-state index in [0.29, 0.717) is 39.1 Å². The summed E-state index contributed by atoms with van der Waals surface area (Å²) in [6.45, 7) is 2.17. The Labute approximate surface area is 146 Å². The summed E-state index contributed by atoms with van der Waals surface area (Å²) in [6.07, 6.45) is 1.22. The molecule has 0 spiro atoms. The van der Waals surface area contributed by atoms with Gasteiger partial charge in [-0.1, -0.05) is 24.3 Å². The van der Waals surface area contributed by atoms with E-state index in [2.05, 4.69) is 5.32 Å². The Morgan fingerprint density at radius 3 is 1.88 bits per heavy atom. The zero-order valence-electron chi connectivity index (χ0n) is 14.1. The molecule has 5 heteroatoms. The SMILES string of the molecule is OC1(CNCC(c2ccc(F)cc2)c2ccc(F)cc2)CCOCC1. The van der Waals surface area contributed by atoms with Crippen molar-refractivity contribution in [2.45, 2.75) is 24.4 Å². The fourth-order valence-corrected chi connectivity index (χ4v) is 3.20. The van der Waals surface area contributed by atoms with Crippen LogP contribution >= 0.6 is 0 Å². The van der Waals surface area contributed by atoms with Crippen LogP contribution < -0.4 is 5.32 Å². The second-order valence-electron chi connectivity index (χ2n) is 6.62. The van der Waals surface area contributed by atoms with Crippen molar-refractivity contribution in [3.8, 4) is 0 Å². The summed E-state index contributed by atoms with van der Waals surface area (Å²) >= 11 is 0. The molecule has 0 atom stereocenters. The third kappa shape index (κ3) is 4.84. The third-order valence-corrected chi connectivity index (χ3v) is 4.77. The number of hydrogen-bond donors (Lipinski definition) is 2. The Morgan fingerprint density at radius 2 is 1.40 bits per heavy atom. The van der Waals surface area contributed by atoms with Crippen molar-refractivity contribution in [3.63, 3.8) is 0 Å². The first-order valence-corrected chi connectivity index (χ1v) is 8.58. The largest absolute Gasteiger partial charge is 0.388 e. The van der Waals surface area contributed by atoms with Crippen molar-refractivity contribution in [2.75, 3.05) is 26.3 Å². The molecule has 2 N–H and O–H groups in total. The van der Waals surface area contributed by atoms with Crippen LogP contribution in [0.1, 0.15) is 29.9 Å². The summed E-state index contributed by atoms with van der Waals surface area (Å²) in [6, 6.07) is 12.7. The maximum Gasteiger partial charge on any atom is 0.123 e. The van der Waals surface area contributed by atoms with E-state index >= 15 is 0 Å². The molecule has 0 aromatic heterocycles. The van der Waals surface area contributed by atoms with Gasteiger partial charge in [-0.2, -0.15) is 0 Å². The van der Waals surface area contributed by atoms with E-state index in [1.807, 2.05) is 0 Å². The molecule has 134 valence electrons. The molecule has 3 nitrogen and oxygen atoms in total. The van der Waals surface area contributed by atoms with Crippen LogP contribution in [0.5, 0.6) is 0 Å². The van der Waals surface area contributed by atoms with E-state index in [0.717, 1.165) is 11.1 Å². The molecular weight excluding hydrogens is 324 g/mol. The van der Waals surface area contributed by atoms with Gasteiger partial charge in [0.1, 0.15) is 11.6 Å². The molecule has 0 amide bonds. The van der Waals surface area contributed by atoms with Gasteiger partial charge in [-0.05, 0) is 35.4 Å². The molecular formula is C20H23F2NO2. The quantitative estimate of drug-likeness (QED) is 0.843. The zero-order valence-corrected chi connectivity index (χ0v) is 14.1. The molecule has 0 aliphatic carbocycles. The van der Waals surface area contributed by atoms with Crippen LogP contribution in [0.3, 0.4) is 0 Å². The Morgan fingerprint density at radius 1 is 0.920 bits per heavy atom. The van der Waals surface area contributed by atoms with Crippen LogP contribution in [0.15, 0.2) is 48.5 Å². The molecule has 1 aliphatic heterocycles. The van der Waals surface area contributed by atoms with E-state index < -0.39 is 5.60 Å². The van der Waals surface area contributed by atoms with E-state index in [9.17, 15) is 13.9 Å². The lowest BCUT2D eigenvalue weighted by Gasteiger charge is -2.33. The van der Waals surface area contributed by atoms with E-state index in [1.54, 1.807) is 24.3 Å². The van der Waals surface area contributed by atoms with Gasteiger partial charge in [0.2, 0.25) is 0 Å². The predicted octanol–water partition coefficient (Wildman–Crippen LogP) is 3.23. The summed E-state index contributed by atoms with van der Waals surface area (Å²) in [4.78, 5) is 0. The molecule has 1 aliphatic rings. The molecule has 1 fully saturated rings. The number of aliphatic hydroxyl groups is 1. The van der Waals surface area contributed by atoms with Crippen molar-refractivity contribution in [1.82, 2.24) is 5.32 Å². The topological polar surface area (TPSA) is 41.5 Å². The van der Waals surface area contributed by atoms with Gasteiger partial charge in [0, 0.05) is 45.1 Å². The maximum absolute atomic E-state index is 13.2. The van der Waals surface area contributed by atoms with Crippen molar-refractivity contribution in [2.24, 2.45) is 0 Å². The lowest BCUT2D eigenvalue weighted by Crippen LogP contribution is -2.45. The summed E-state index contributed by atoms with van der Waals surface area (Å²) in [5, 5.41) is 13.9. The molecule has 2 aromatic rings. The average Bonchev–Trinajstić information content (AvgIpc) is 2.61. The fraction of sp³-hybridized carbons (Fsp3) is 0.400. The molecule has 0 unspecified atom stereocenters. The van der Waals surface area contributed by atoms with Crippen LogP contribution in [0, 0.1) is 11.6 Å². The highest BCUT2D eigenvalue weighted by Crippen LogP contribution is 2.25. The molecule has 1 heterocycles. The van der Waals surface area contributed by atoms with E-state index in [4.69, 9.17) is 4.74 Å². The minimum Gasteiger partial charge on any atom is -0.388 e. The fourth-order valence-electron chi connectivity index (χ4n) is 3.20. The Balaban J connectivity index is 1.72. The van der Waals surface area contributed by atoms with Crippen LogP contribution in [-0.2, 0) is 4.74 Å². The normalized spacial score (nSPS) is 17.0. The predicted molar refractivity (Wildman–Crippen MR) is 92.5 cm³/mol. The second kappa shape index (κ2) is 8.04. The monoisotopic (exact) mass is 347 g/mol. The van der Waals surface area contributed by atoms with Gasteiger partial charge >= 0.3 is 0 Å². The lowest BCUT2D eigenvalue weighted by molar-refractivity contribution is -0.0615. The van der Waals surface area contributed by atoms with Gasteiger partial charge in [0.25, 0.3) is 0 Å². The molecule has 2 aromatic carbocycles. The van der Waals surface area contributed by atoms with Crippen LogP contribution in [-0.4, -0.2) is 37.0 Å². The highest BCUT2D eigenvalue weighted by atomic mass is 19.1. The first-order chi connectivity index (χ1) is 12.1. The highest BCUT2D eigenvalue weighted by Gasteiger charge is 2.29. The molecule has 0 radical (unpaired) electrons. The molecule has 1 saturated heterocycles. The Kier molecular flexibility index (Phi) is 5.78. The van der Waals surface area contributed by atoms with Crippen molar-refractivity contribution < 1.29 is 18.6 Å². The first-order valence-electron chi connectivity index (χ1n) is 8.58. The van der Waals surface area contributed by atoms with E-state index in [-0.39, 0.29) is 17.6 Å². The van der Waals surface area contributed by atoms with Crippen LogP contribution in [0.4, 0.5) is 8.78 Å². The van der Waals surface area contributed by atoms with Crippen LogP contribution in [0.25, 0.3) is 0 Å². The zero-order chi connectivity index (χ0) is 17.7. The summed E-state index contributed by atoms with van der Waals surface area (Å²) in [7, 11) is 0. The van der Waals surface area contributed by atoms with Gasteiger partial charge < -0.3 is 15.2 Å². The Hall–Kier alpha value is -1.82. The van der Waals surface area contributed by atoms with Crippen LogP contribution in [0.2, 0.25) is 0 Å². The molecule has 3 rings (SSSR count). The molecule has 0 bridgehead atoms. The third-order valence-electron chi connectivity index (χ3n) is 4.77. The summed E-state index contributed by atoms with van der Waals surface area (Å²) in [5.74, 6) is -0.623. The van der Waals surface area contributed by atoms with Crippen molar-refractivity contribution >= 4 is 0 Å². The number of nitrogens with one attached hydrogen (secondary N) is 1. The average molecular weight is 347 g/mol. The number of rotatable bonds is 6. The standard InChI is InChI=1S/C20H23F2NO2/c21-17-5-1-15(2-6-17)19(16-3-7-18(22)8-4-16)13-23-14-20(24)9-11-25-12-10-20/h1-8,19,23-24H,9-14H2. The summed E-state index contributed by atoms with van der Waals surface area (Å²) < 4.78 is 31.8. The van der Waals surface area contributed by atoms with Gasteiger partial charge in [-0.25, -0.2) is 8.78 Å². The number of ether oxygens (including phenoxy) is 1.